The van der Waals surface area contributed by atoms with Crippen molar-refractivity contribution in [2.24, 2.45) is 0 Å². The first-order chi connectivity index (χ1) is 16.3. The van der Waals surface area contributed by atoms with Gasteiger partial charge in [0.25, 0.3) is 0 Å². The molecule has 0 radical (unpaired) electrons. The SMILES string of the molecule is Cc1cccc2sc(N(Cc3ccco3)C(=O)[C@@H]3CCCN3S(=O)(=O)c3ccc(F)cc3)nc12. The molecule has 2 aromatic carbocycles. The molecule has 3 heterocycles. The summed E-state index contributed by atoms with van der Waals surface area (Å²) in [6.45, 7) is 2.30. The number of thiazole rings is 1. The Balaban J connectivity index is 1.52. The summed E-state index contributed by atoms with van der Waals surface area (Å²) in [4.78, 5) is 20.0. The largest absolute Gasteiger partial charge is 0.467 e. The number of hydrogen-bond donors (Lipinski definition) is 0. The number of sulfonamides is 1. The molecular formula is C24H22FN3O4S2. The maximum Gasteiger partial charge on any atom is 0.247 e. The minimum atomic E-state index is -3.98. The fourth-order valence-corrected chi connectivity index (χ4v) is 6.88. The first-order valence-electron chi connectivity index (χ1n) is 10.8. The van der Waals surface area contributed by atoms with Crippen molar-refractivity contribution < 1.29 is 22.0 Å². The molecule has 0 aliphatic carbocycles. The Bertz CT molecular complexity index is 1430. The van der Waals surface area contributed by atoms with Crippen LogP contribution in [-0.2, 0) is 21.4 Å². The van der Waals surface area contributed by atoms with E-state index < -0.39 is 21.9 Å². The molecule has 5 rings (SSSR count). The number of amides is 1. The van der Waals surface area contributed by atoms with Crippen LogP contribution < -0.4 is 4.90 Å². The molecule has 10 heteroatoms. The second-order valence-corrected chi connectivity index (χ2v) is 11.0. The Kier molecular flexibility index (Phi) is 5.97. The van der Waals surface area contributed by atoms with Gasteiger partial charge >= 0.3 is 0 Å². The van der Waals surface area contributed by atoms with Gasteiger partial charge in [-0.05, 0) is 67.8 Å². The molecule has 1 atom stereocenters. The predicted molar refractivity (Wildman–Crippen MR) is 128 cm³/mol. The molecular weight excluding hydrogens is 477 g/mol. The van der Waals surface area contributed by atoms with Gasteiger partial charge in [-0.3, -0.25) is 9.69 Å². The van der Waals surface area contributed by atoms with Crippen molar-refractivity contribution in [3.8, 4) is 0 Å². The number of halogens is 1. The Morgan fingerprint density at radius 3 is 2.71 bits per heavy atom. The molecule has 0 unspecified atom stereocenters. The Morgan fingerprint density at radius 2 is 2.00 bits per heavy atom. The van der Waals surface area contributed by atoms with Crippen molar-refractivity contribution in [3.63, 3.8) is 0 Å². The number of carbonyl (C=O) groups excluding carboxylic acids is 1. The average Bonchev–Trinajstić information content (AvgIpc) is 3.58. The van der Waals surface area contributed by atoms with Crippen molar-refractivity contribution in [1.82, 2.24) is 9.29 Å². The Hall–Kier alpha value is -3.08. The summed E-state index contributed by atoms with van der Waals surface area (Å²) in [6.07, 6.45) is 2.46. The lowest BCUT2D eigenvalue weighted by molar-refractivity contribution is -0.121. The smallest absolute Gasteiger partial charge is 0.247 e. The van der Waals surface area contributed by atoms with E-state index in [4.69, 9.17) is 9.40 Å². The number of fused-ring (bicyclic) bond motifs is 1. The van der Waals surface area contributed by atoms with Crippen LogP contribution in [0.4, 0.5) is 9.52 Å². The summed E-state index contributed by atoms with van der Waals surface area (Å²) in [7, 11) is -3.98. The van der Waals surface area contributed by atoms with Gasteiger partial charge in [-0.15, -0.1) is 0 Å². The standard InChI is InChI=1S/C24H22FN3O4S2/c1-16-5-2-8-21-22(16)26-24(33-21)27(15-18-6-4-14-32-18)23(29)20-7-3-13-28(20)34(30,31)19-11-9-17(25)10-12-19/h2,4-6,8-12,14,20H,3,7,13,15H2,1H3/t20-/m0/s1. The quantitative estimate of drug-likeness (QED) is 0.383. The van der Waals surface area contributed by atoms with Crippen molar-refractivity contribution in [2.75, 3.05) is 11.4 Å². The number of carbonyl (C=O) groups is 1. The van der Waals surface area contributed by atoms with E-state index in [1.165, 1.54) is 38.9 Å². The lowest BCUT2D eigenvalue weighted by atomic mass is 10.2. The van der Waals surface area contributed by atoms with Gasteiger partial charge in [0.1, 0.15) is 17.6 Å². The van der Waals surface area contributed by atoms with E-state index in [-0.39, 0.29) is 23.9 Å². The van der Waals surface area contributed by atoms with Crippen molar-refractivity contribution in [3.05, 3.63) is 78.0 Å². The predicted octanol–water partition coefficient (Wildman–Crippen LogP) is 4.72. The molecule has 0 bridgehead atoms. The van der Waals surface area contributed by atoms with E-state index in [1.54, 1.807) is 12.1 Å². The van der Waals surface area contributed by atoms with Gasteiger partial charge in [0.15, 0.2) is 5.13 Å². The van der Waals surface area contributed by atoms with Crippen LogP contribution in [0.15, 0.2) is 70.2 Å². The van der Waals surface area contributed by atoms with Crippen LogP contribution in [0.1, 0.15) is 24.2 Å². The van der Waals surface area contributed by atoms with Gasteiger partial charge in [0.2, 0.25) is 15.9 Å². The number of anilines is 1. The molecule has 1 saturated heterocycles. The van der Waals surface area contributed by atoms with Crippen LogP contribution in [0.2, 0.25) is 0 Å². The van der Waals surface area contributed by atoms with E-state index in [1.807, 2.05) is 25.1 Å². The lowest BCUT2D eigenvalue weighted by Crippen LogP contribution is -2.47. The van der Waals surface area contributed by atoms with E-state index in [0.29, 0.717) is 23.7 Å². The topological polar surface area (TPSA) is 83.7 Å². The number of aromatic nitrogens is 1. The fraction of sp³-hybridized carbons (Fsp3) is 0.250. The number of aryl methyl sites for hydroxylation is 1. The summed E-state index contributed by atoms with van der Waals surface area (Å²) in [5.41, 5.74) is 1.80. The number of rotatable bonds is 6. The zero-order chi connectivity index (χ0) is 23.9. The first kappa shape index (κ1) is 22.7. The maximum atomic E-state index is 13.9. The molecule has 1 aliphatic rings. The van der Waals surface area contributed by atoms with Crippen LogP contribution in [0.25, 0.3) is 10.2 Å². The van der Waals surface area contributed by atoms with Crippen LogP contribution in [-0.4, -0.2) is 36.2 Å². The van der Waals surface area contributed by atoms with Gasteiger partial charge in [-0.25, -0.2) is 17.8 Å². The third-order valence-corrected chi connectivity index (χ3v) is 8.88. The summed E-state index contributed by atoms with van der Waals surface area (Å²) >= 11 is 1.38. The van der Waals surface area contributed by atoms with E-state index in [0.717, 1.165) is 27.9 Å². The third-order valence-electron chi connectivity index (χ3n) is 5.91. The Labute approximate surface area is 200 Å². The zero-order valence-corrected chi connectivity index (χ0v) is 20.0. The van der Waals surface area contributed by atoms with E-state index in [9.17, 15) is 17.6 Å². The first-order valence-corrected chi connectivity index (χ1v) is 13.1. The van der Waals surface area contributed by atoms with Crippen molar-refractivity contribution >= 4 is 42.6 Å². The molecule has 7 nitrogen and oxygen atoms in total. The second-order valence-electron chi connectivity index (χ2n) is 8.15. The molecule has 1 fully saturated rings. The molecule has 1 aliphatic heterocycles. The molecule has 2 aromatic heterocycles. The normalized spacial score (nSPS) is 16.8. The highest BCUT2D eigenvalue weighted by molar-refractivity contribution is 7.89. The van der Waals surface area contributed by atoms with Crippen molar-refractivity contribution in [1.29, 1.82) is 0 Å². The summed E-state index contributed by atoms with van der Waals surface area (Å²) in [6, 6.07) is 13.1. The van der Waals surface area contributed by atoms with Crippen LogP contribution in [0.5, 0.6) is 0 Å². The number of hydrogen-bond acceptors (Lipinski definition) is 6. The van der Waals surface area contributed by atoms with Crippen LogP contribution >= 0.6 is 11.3 Å². The highest BCUT2D eigenvalue weighted by Gasteiger charge is 2.42. The van der Waals surface area contributed by atoms with Crippen LogP contribution in [0, 0.1) is 12.7 Å². The second kappa shape index (κ2) is 8.94. The minimum absolute atomic E-state index is 0.0400. The van der Waals surface area contributed by atoms with Gasteiger partial charge in [0.05, 0.1) is 27.9 Å². The molecule has 34 heavy (non-hydrogen) atoms. The number of furan rings is 1. The molecule has 0 saturated carbocycles. The zero-order valence-electron chi connectivity index (χ0n) is 18.3. The minimum Gasteiger partial charge on any atom is -0.467 e. The monoisotopic (exact) mass is 499 g/mol. The molecule has 0 spiro atoms. The summed E-state index contributed by atoms with van der Waals surface area (Å²) in [5.74, 6) is -0.324. The number of benzene rings is 2. The average molecular weight is 500 g/mol. The summed E-state index contributed by atoms with van der Waals surface area (Å²) < 4.78 is 47.7. The summed E-state index contributed by atoms with van der Waals surface area (Å²) in [5, 5.41) is 0.483. The van der Waals surface area contributed by atoms with Gasteiger partial charge < -0.3 is 4.42 Å². The van der Waals surface area contributed by atoms with E-state index >= 15 is 0 Å². The molecule has 0 N–H and O–H groups in total. The molecule has 4 aromatic rings. The lowest BCUT2D eigenvalue weighted by Gasteiger charge is -2.28. The highest BCUT2D eigenvalue weighted by atomic mass is 32.2. The molecule has 1 amide bonds. The van der Waals surface area contributed by atoms with Gasteiger partial charge in [-0.2, -0.15) is 4.31 Å². The van der Waals surface area contributed by atoms with Crippen molar-refractivity contribution in [2.45, 2.75) is 37.2 Å². The highest BCUT2D eigenvalue weighted by Crippen LogP contribution is 2.34. The van der Waals surface area contributed by atoms with Gasteiger partial charge in [-0.1, -0.05) is 23.5 Å². The fourth-order valence-electron chi connectivity index (χ4n) is 4.18. The number of nitrogens with zero attached hydrogens (tertiary/aromatic N) is 3. The van der Waals surface area contributed by atoms with Crippen LogP contribution in [0.3, 0.4) is 0 Å². The molecule has 176 valence electrons. The maximum absolute atomic E-state index is 13.9. The van der Waals surface area contributed by atoms with Gasteiger partial charge in [0, 0.05) is 6.54 Å². The van der Waals surface area contributed by atoms with E-state index in [2.05, 4.69) is 0 Å². The number of para-hydroxylation sites is 1. The Morgan fingerprint density at radius 1 is 1.21 bits per heavy atom. The third kappa shape index (κ3) is 4.13.